The fourth-order valence-corrected chi connectivity index (χ4v) is 5.97. The Balaban J connectivity index is 1.47. The van der Waals surface area contributed by atoms with Crippen LogP contribution in [0.4, 0.5) is 17.2 Å². The van der Waals surface area contributed by atoms with Gasteiger partial charge in [0.2, 0.25) is 10.0 Å². The van der Waals surface area contributed by atoms with Crippen molar-refractivity contribution in [3.05, 3.63) is 42.3 Å². The minimum Gasteiger partial charge on any atom is -0.460 e. The zero-order valence-corrected chi connectivity index (χ0v) is 23.0. The summed E-state index contributed by atoms with van der Waals surface area (Å²) in [6.45, 7) is 4.58. The number of hydrogen-bond acceptors (Lipinski definition) is 9. The first kappa shape index (κ1) is 27.4. The van der Waals surface area contributed by atoms with Gasteiger partial charge in [-0.05, 0) is 75.3 Å². The lowest BCUT2D eigenvalue weighted by atomic mass is 9.93. The molecule has 1 amide bonds. The van der Waals surface area contributed by atoms with Gasteiger partial charge in [-0.25, -0.2) is 18.1 Å². The quantitative estimate of drug-likeness (QED) is 0.253. The average Bonchev–Trinajstić information content (AvgIpc) is 3.48. The smallest absolute Gasteiger partial charge is 0.274 e. The summed E-state index contributed by atoms with van der Waals surface area (Å²) in [4.78, 5) is 20.2. The van der Waals surface area contributed by atoms with Crippen LogP contribution in [0.1, 0.15) is 50.0 Å². The first-order valence-corrected chi connectivity index (χ1v) is 14.6. The average molecular weight is 558 g/mol. The van der Waals surface area contributed by atoms with E-state index in [1.54, 1.807) is 38.1 Å². The van der Waals surface area contributed by atoms with Gasteiger partial charge in [0.1, 0.15) is 5.69 Å². The highest BCUT2D eigenvalue weighted by Crippen LogP contribution is 2.54. The number of carbonyl (C=O) groups is 1. The molecule has 0 radical (unpaired) electrons. The van der Waals surface area contributed by atoms with E-state index in [1.165, 1.54) is 25.2 Å². The Labute approximate surface area is 227 Å². The molecule has 1 aromatic carbocycles. The molecule has 1 saturated carbocycles. The Morgan fingerprint density at radius 3 is 2.54 bits per heavy atom. The van der Waals surface area contributed by atoms with Crippen molar-refractivity contribution in [2.75, 3.05) is 48.4 Å². The van der Waals surface area contributed by atoms with Crippen LogP contribution in [0.5, 0.6) is 0 Å². The topological polar surface area (TPSA) is 157 Å². The van der Waals surface area contributed by atoms with Gasteiger partial charge in [-0.2, -0.15) is 0 Å². The highest BCUT2D eigenvalue weighted by molar-refractivity contribution is 7.89. The van der Waals surface area contributed by atoms with Crippen molar-refractivity contribution in [3.8, 4) is 0 Å². The normalized spacial score (nSPS) is 17.0. The molecule has 2 fully saturated rings. The van der Waals surface area contributed by atoms with E-state index in [2.05, 4.69) is 25.2 Å². The van der Waals surface area contributed by atoms with Crippen LogP contribution in [-0.4, -0.2) is 67.9 Å². The third kappa shape index (κ3) is 5.88. The van der Waals surface area contributed by atoms with E-state index in [0.29, 0.717) is 33.6 Å². The molecule has 3 aromatic rings. The standard InChI is InChI=1S/C27H35N5O6S/c1-26(2,17-34)31-24-23-18(5-14-38-23)15-21(29-24)25(35)30-20-4-3-19(39(36,37)28-10-13-33)16-22(20)32-11-8-27(6-7-27)9-12-32/h3-5,14-16,28,33-34H,6-13,17H2,1-2H3,(H,29,31)(H,30,35). The van der Waals surface area contributed by atoms with Crippen molar-refractivity contribution in [2.24, 2.45) is 5.41 Å². The molecule has 210 valence electrons. The Morgan fingerprint density at radius 1 is 1.13 bits per heavy atom. The summed E-state index contributed by atoms with van der Waals surface area (Å²) in [5.41, 5.74) is 1.43. The minimum atomic E-state index is -3.84. The summed E-state index contributed by atoms with van der Waals surface area (Å²) in [5, 5.41) is 25.5. The SMILES string of the molecule is CC(C)(CO)Nc1nc(C(=O)Nc2ccc(S(=O)(=O)NCCO)cc2N2CCC3(CC2)CC3)cc2ccoc12. The van der Waals surface area contributed by atoms with Gasteiger partial charge in [-0.15, -0.1) is 0 Å². The maximum atomic E-state index is 13.5. The molecule has 1 spiro atoms. The number of sulfonamides is 1. The number of benzene rings is 1. The van der Waals surface area contributed by atoms with Gasteiger partial charge in [0.15, 0.2) is 11.4 Å². The van der Waals surface area contributed by atoms with Gasteiger partial charge in [-0.3, -0.25) is 4.79 Å². The number of carbonyl (C=O) groups excluding carboxylic acids is 1. The maximum Gasteiger partial charge on any atom is 0.274 e. The van der Waals surface area contributed by atoms with Crippen LogP contribution in [0.3, 0.4) is 0 Å². The number of anilines is 3. The predicted octanol–water partition coefficient (Wildman–Crippen LogP) is 2.91. The van der Waals surface area contributed by atoms with Gasteiger partial charge in [0, 0.05) is 25.0 Å². The van der Waals surface area contributed by atoms with Crippen LogP contribution >= 0.6 is 0 Å². The molecule has 12 heteroatoms. The summed E-state index contributed by atoms with van der Waals surface area (Å²) >= 11 is 0. The number of nitrogens with zero attached hydrogens (tertiary/aromatic N) is 2. The molecule has 11 nitrogen and oxygen atoms in total. The van der Waals surface area contributed by atoms with Crippen molar-refractivity contribution in [1.82, 2.24) is 9.71 Å². The van der Waals surface area contributed by atoms with Crippen molar-refractivity contribution in [1.29, 1.82) is 0 Å². The monoisotopic (exact) mass is 557 g/mol. The number of aliphatic hydroxyl groups excluding tert-OH is 2. The Kier molecular flexibility index (Phi) is 7.31. The second-order valence-electron chi connectivity index (χ2n) is 11.1. The van der Waals surface area contributed by atoms with Gasteiger partial charge in [0.05, 0.1) is 41.3 Å². The number of aromatic nitrogens is 1. The van der Waals surface area contributed by atoms with Crippen LogP contribution in [-0.2, 0) is 10.0 Å². The molecule has 3 heterocycles. The molecular formula is C27H35N5O6S. The number of hydrogen-bond donors (Lipinski definition) is 5. The molecule has 1 saturated heterocycles. The van der Waals surface area contributed by atoms with E-state index in [0.717, 1.165) is 25.9 Å². The van der Waals surface area contributed by atoms with Gasteiger partial charge in [-0.1, -0.05) is 0 Å². The molecule has 39 heavy (non-hydrogen) atoms. The number of piperidine rings is 1. The van der Waals surface area contributed by atoms with Gasteiger partial charge < -0.3 is 30.2 Å². The summed E-state index contributed by atoms with van der Waals surface area (Å²) < 4.78 is 33.5. The lowest BCUT2D eigenvalue weighted by Crippen LogP contribution is -2.36. The number of pyridine rings is 1. The lowest BCUT2D eigenvalue weighted by molar-refractivity contribution is 0.102. The molecule has 0 unspecified atom stereocenters. The first-order chi connectivity index (χ1) is 18.5. The first-order valence-electron chi connectivity index (χ1n) is 13.1. The Hall–Kier alpha value is -3.19. The van der Waals surface area contributed by atoms with E-state index >= 15 is 0 Å². The summed E-state index contributed by atoms with van der Waals surface area (Å²) in [7, 11) is -3.84. The molecule has 2 aliphatic rings. The van der Waals surface area contributed by atoms with E-state index < -0.39 is 21.5 Å². The molecule has 1 aliphatic carbocycles. The zero-order chi connectivity index (χ0) is 27.8. The molecule has 5 rings (SSSR count). The van der Waals surface area contributed by atoms with Gasteiger partial charge >= 0.3 is 0 Å². The van der Waals surface area contributed by atoms with Crippen LogP contribution in [0, 0.1) is 5.41 Å². The molecule has 1 aliphatic heterocycles. The number of rotatable bonds is 10. The number of aliphatic hydroxyl groups is 2. The zero-order valence-electron chi connectivity index (χ0n) is 22.2. The third-order valence-corrected chi connectivity index (χ3v) is 9.03. The maximum absolute atomic E-state index is 13.5. The van der Waals surface area contributed by atoms with Gasteiger partial charge in [0.25, 0.3) is 5.91 Å². The Bertz CT molecular complexity index is 1470. The van der Waals surface area contributed by atoms with Crippen molar-refractivity contribution in [2.45, 2.75) is 50.0 Å². The van der Waals surface area contributed by atoms with E-state index in [-0.39, 0.29) is 30.3 Å². The largest absolute Gasteiger partial charge is 0.460 e. The summed E-state index contributed by atoms with van der Waals surface area (Å²) in [5.74, 6) is -0.127. The highest BCUT2D eigenvalue weighted by atomic mass is 32.2. The second-order valence-corrected chi connectivity index (χ2v) is 12.9. The Morgan fingerprint density at radius 2 is 1.87 bits per heavy atom. The number of nitrogens with one attached hydrogen (secondary N) is 3. The highest BCUT2D eigenvalue weighted by Gasteiger charge is 2.44. The van der Waals surface area contributed by atoms with E-state index in [1.807, 2.05) is 0 Å². The number of amides is 1. The van der Waals surface area contributed by atoms with Crippen LogP contribution in [0.2, 0.25) is 0 Å². The van der Waals surface area contributed by atoms with Crippen LogP contribution < -0.4 is 20.3 Å². The summed E-state index contributed by atoms with van der Waals surface area (Å²) in [6, 6.07) is 7.96. The number of furan rings is 1. The van der Waals surface area contributed by atoms with Crippen molar-refractivity contribution >= 4 is 44.1 Å². The second kappa shape index (κ2) is 10.4. The molecule has 2 aromatic heterocycles. The van der Waals surface area contributed by atoms with Crippen LogP contribution in [0.25, 0.3) is 11.0 Å². The summed E-state index contributed by atoms with van der Waals surface area (Å²) in [6.07, 6.45) is 6.02. The van der Waals surface area contributed by atoms with E-state index in [4.69, 9.17) is 9.52 Å². The molecule has 0 bridgehead atoms. The predicted molar refractivity (Wildman–Crippen MR) is 149 cm³/mol. The fraction of sp³-hybridized carbons (Fsp3) is 0.481. The minimum absolute atomic E-state index is 0.0614. The molecular weight excluding hydrogens is 522 g/mol. The van der Waals surface area contributed by atoms with Crippen LogP contribution in [0.15, 0.2) is 45.9 Å². The lowest BCUT2D eigenvalue weighted by Gasteiger charge is -2.35. The third-order valence-electron chi connectivity index (χ3n) is 7.57. The molecule has 5 N–H and O–H groups in total. The molecule has 0 atom stereocenters. The van der Waals surface area contributed by atoms with Crippen molar-refractivity contribution < 1.29 is 27.8 Å². The number of fused-ring (bicyclic) bond motifs is 1. The van der Waals surface area contributed by atoms with Crippen molar-refractivity contribution in [3.63, 3.8) is 0 Å². The fourth-order valence-electron chi connectivity index (χ4n) is 4.93. The van der Waals surface area contributed by atoms with E-state index in [9.17, 15) is 18.3 Å².